The molecule has 2 rings (SSSR count). The van der Waals surface area contributed by atoms with Gasteiger partial charge in [-0.1, -0.05) is 0 Å². The van der Waals surface area contributed by atoms with Crippen LogP contribution in [0, 0.1) is 19.8 Å². The van der Waals surface area contributed by atoms with Crippen LogP contribution in [0.4, 0.5) is 0 Å². The predicted octanol–water partition coefficient (Wildman–Crippen LogP) is 0.900. The van der Waals surface area contributed by atoms with E-state index in [1.54, 1.807) is 13.8 Å². The van der Waals surface area contributed by atoms with Crippen molar-refractivity contribution < 1.29 is 23.1 Å². The smallest absolute Gasteiger partial charge is 0.307 e. The molecule has 1 aromatic rings. The molecule has 0 aliphatic carbocycles. The first-order valence-corrected chi connectivity index (χ1v) is 10.3. The summed E-state index contributed by atoms with van der Waals surface area (Å²) in [5.74, 6) is -1.96. The lowest BCUT2D eigenvalue weighted by atomic mass is 10.0. The second-order valence-electron chi connectivity index (χ2n) is 8.00. The van der Waals surface area contributed by atoms with Gasteiger partial charge in [-0.2, -0.15) is 9.40 Å². The largest absolute Gasteiger partial charge is 0.481 e. The average molecular weight is 401 g/mol. The van der Waals surface area contributed by atoms with E-state index in [1.807, 2.05) is 20.8 Å². The van der Waals surface area contributed by atoms with Gasteiger partial charge in [-0.3, -0.25) is 14.3 Å². The fraction of sp³-hybridized carbons (Fsp3) is 0.706. The number of rotatable bonds is 5. The average Bonchev–Trinajstić information content (AvgIpc) is 2.79. The molecule has 1 aliphatic rings. The van der Waals surface area contributed by atoms with E-state index in [1.165, 1.54) is 8.99 Å². The molecular weight excluding hydrogens is 372 g/mol. The first-order chi connectivity index (χ1) is 12.3. The third kappa shape index (κ3) is 4.86. The van der Waals surface area contributed by atoms with Crippen molar-refractivity contribution >= 4 is 21.9 Å². The first-order valence-electron chi connectivity index (χ1n) is 8.91. The van der Waals surface area contributed by atoms with Gasteiger partial charge in [0.1, 0.15) is 11.4 Å². The van der Waals surface area contributed by atoms with Gasteiger partial charge in [0.15, 0.2) is 0 Å². The van der Waals surface area contributed by atoms with Crippen LogP contribution in [0.15, 0.2) is 4.90 Å². The summed E-state index contributed by atoms with van der Waals surface area (Å²) in [4.78, 5) is 23.5. The van der Waals surface area contributed by atoms with Crippen LogP contribution in [0.1, 0.15) is 45.0 Å². The third-order valence-corrected chi connectivity index (χ3v) is 6.57. The number of nitrogens with zero attached hydrogens (tertiary/aromatic N) is 3. The van der Waals surface area contributed by atoms with Crippen LogP contribution in [0.3, 0.4) is 0 Å². The molecule has 9 nitrogen and oxygen atoms in total. The minimum atomic E-state index is -3.88. The summed E-state index contributed by atoms with van der Waals surface area (Å²) in [7, 11) is -3.88. The molecule has 1 saturated heterocycles. The summed E-state index contributed by atoms with van der Waals surface area (Å²) >= 11 is 0. The summed E-state index contributed by atoms with van der Waals surface area (Å²) in [5.41, 5.74) is 0.268. The number of nitrogens with one attached hydrogen (secondary N) is 1. The number of hydrogen-bond donors (Lipinski definition) is 2. The topological polar surface area (TPSA) is 122 Å². The van der Waals surface area contributed by atoms with Crippen LogP contribution in [-0.4, -0.2) is 58.1 Å². The standard InChI is InChI=1S/C17H28N4O5S/c1-11-15(12(2)21(19-11)10-14(22)18-17(3,4)5)27(25,26)20-8-6-7-13(9-20)16(23)24/h13H,6-10H2,1-5H3,(H,18,22)(H,23,24). The number of carboxylic acid groups (broad SMARTS) is 1. The fourth-order valence-corrected chi connectivity index (χ4v) is 5.19. The minimum Gasteiger partial charge on any atom is -0.481 e. The molecular formula is C17H28N4O5S. The molecule has 0 spiro atoms. The molecule has 10 heteroatoms. The van der Waals surface area contributed by atoms with Crippen LogP contribution in [-0.2, 0) is 26.2 Å². The van der Waals surface area contributed by atoms with Crippen LogP contribution in [0.5, 0.6) is 0 Å². The van der Waals surface area contributed by atoms with E-state index in [0.717, 1.165) is 0 Å². The zero-order valence-electron chi connectivity index (χ0n) is 16.4. The molecule has 152 valence electrons. The number of hydrogen-bond acceptors (Lipinski definition) is 5. The zero-order chi connectivity index (χ0) is 20.6. The van der Waals surface area contributed by atoms with Crippen LogP contribution in [0.2, 0.25) is 0 Å². The Morgan fingerprint density at radius 3 is 2.48 bits per heavy atom. The molecule has 1 unspecified atom stereocenters. The predicted molar refractivity (Wildman–Crippen MR) is 98.7 cm³/mol. The molecule has 27 heavy (non-hydrogen) atoms. The Balaban J connectivity index is 2.29. The van der Waals surface area contributed by atoms with Gasteiger partial charge in [0.25, 0.3) is 0 Å². The maximum absolute atomic E-state index is 13.1. The highest BCUT2D eigenvalue weighted by Gasteiger charge is 2.36. The molecule has 1 aliphatic heterocycles. The normalized spacial score (nSPS) is 19.1. The number of carboxylic acids is 1. The van der Waals surface area contributed by atoms with E-state index in [-0.39, 0.29) is 30.4 Å². The lowest BCUT2D eigenvalue weighted by molar-refractivity contribution is -0.142. The van der Waals surface area contributed by atoms with Gasteiger partial charge in [0.05, 0.1) is 17.3 Å². The van der Waals surface area contributed by atoms with E-state index in [2.05, 4.69) is 10.4 Å². The minimum absolute atomic E-state index is 0.0494. The number of piperidine rings is 1. The summed E-state index contributed by atoms with van der Waals surface area (Å²) < 4.78 is 28.8. The Morgan fingerprint density at radius 1 is 1.30 bits per heavy atom. The molecule has 1 fully saturated rings. The van der Waals surface area contributed by atoms with E-state index in [9.17, 15) is 23.1 Å². The summed E-state index contributed by atoms with van der Waals surface area (Å²) in [6.45, 7) is 8.91. The number of amides is 1. The molecule has 1 aromatic heterocycles. The molecule has 0 radical (unpaired) electrons. The Morgan fingerprint density at radius 2 is 1.93 bits per heavy atom. The van der Waals surface area contributed by atoms with Crippen molar-refractivity contribution in [3.63, 3.8) is 0 Å². The first kappa shape index (κ1) is 21.4. The van der Waals surface area contributed by atoms with E-state index in [0.29, 0.717) is 24.2 Å². The third-order valence-electron chi connectivity index (χ3n) is 4.45. The van der Waals surface area contributed by atoms with Crippen molar-refractivity contribution in [2.24, 2.45) is 5.92 Å². The quantitative estimate of drug-likeness (QED) is 0.757. The second kappa shape index (κ2) is 7.59. The SMILES string of the molecule is Cc1nn(CC(=O)NC(C)(C)C)c(C)c1S(=O)(=O)N1CCCC(C(=O)O)C1. The van der Waals surface area contributed by atoms with Crippen molar-refractivity contribution in [1.29, 1.82) is 0 Å². The van der Waals surface area contributed by atoms with Gasteiger partial charge in [-0.25, -0.2) is 8.42 Å². The number of aromatic nitrogens is 2. The highest BCUT2D eigenvalue weighted by atomic mass is 32.2. The number of aliphatic carboxylic acids is 1. The molecule has 0 bridgehead atoms. The Hall–Kier alpha value is -1.94. The van der Waals surface area contributed by atoms with Crippen LogP contribution in [0.25, 0.3) is 0 Å². The number of aryl methyl sites for hydroxylation is 1. The summed E-state index contributed by atoms with van der Waals surface area (Å²) in [5, 5.41) is 16.3. The maximum Gasteiger partial charge on any atom is 0.307 e. The van der Waals surface area contributed by atoms with E-state index in [4.69, 9.17) is 0 Å². The number of sulfonamides is 1. The summed E-state index contributed by atoms with van der Waals surface area (Å²) in [6, 6.07) is 0. The Kier molecular flexibility index (Phi) is 6.00. The van der Waals surface area contributed by atoms with Gasteiger partial charge >= 0.3 is 5.97 Å². The van der Waals surface area contributed by atoms with Crippen LogP contribution < -0.4 is 5.32 Å². The molecule has 0 saturated carbocycles. The molecule has 1 amide bonds. The number of carbonyl (C=O) groups excluding carboxylic acids is 1. The van der Waals surface area contributed by atoms with Crippen molar-refractivity contribution in [2.75, 3.05) is 13.1 Å². The van der Waals surface area contributed by atoms with E-state index < -0.39 is 27.4 Å². The van der Waals surface area contributed by atoms with Gasteiger partial charge in [0.2, 0.25) is 15.9 Å². The van der Waals surface area contributed by atoms with Gasteiger partial charge < -0.3 is 10.4 Å². The van der Waals surface area contributed by atoms with Crippen molar-refractivity contribution in [3.05, 3.63) is 11.4 Å². The lowest BCUT2D eigenvalue weighted by Gasteiger charge is -2.29. The van der Waals surface area contributed by atoms with Crippen molar-refractivity contribution in [3.8, 4) is 0 Å². The molecule has 2 heterocycles. The molecule has 2 N–H and O–H groups in total. The second-order valence-corrected chi connectivity index (χ2v) is 9.87. The van der Waals surface area contributed by atoms with Gasteiger partial charge in [0, 0.05) is 18.6 Å². The maximum atomic E-state index is 13.1. The summed E-state index contributed by atoms with van der Waals surface area (Å²) in [6.07, 6.45) is 0.960. The van der Waals surface area contributed by atoms with E-state index >= 15 is 0 Å². The lowest BCUT2D eigenvalue weighted by Crippen LogP contribution is -2.43. The fourth-order valence-electron chi connectivity index (χ4n) is 3.29. The number of carbonyl (C=O) groups is 2. The Labute approximate surface area is 159 Å². The highest BCUT2D eigenvalue weighted by molar-refractivity contribution is 7.89. The van der Waals surface area contributed by atoms with Gasteiger partial charge in [-0.15, -0.1) is 0 Å². The zero-order valence-corrected chi connectivity index (χ0v) is 17.3. The highest BCUT2D eigenvalue weighted by Crippen LogP contribution is 2.28. The van der Waals surface area contributed by atoms with Gasteiger partial charge in [-0.05, 0) is 47.5 Å². The van der Waals surface area contributed by atoms with Crippen molar-refractivity contribution in [2.45, 2.75) is 64.4 Å². The van der Waals surface area contributed by atoms with Crippen molar-refractivity contribution in [1.82, 2.24) is 19.4 Å². The Bertz CT molecular complexity index is 838. The molecule has 0 aromatic carbocycles. The molecule has 1 atom stereocenters. The monoisotopic (exact) mass is 400 g/mol. The van der Waals surface area contributed by atoms with Crippen LogP contribution >= 0.6 is 0 Å².